The minimum Gasteiger partial charge on any atom is -0.449 e. The van der Waals surface area contributed by atoms with E-state index in [1.807, 2.05) is 17.5 Å². The number of hydrogen-bond acceptors (Lipinski definition) is 4. The van der Waals surface area contributed by atoms with Gasteiger partial charge in [-0.15, -0.1) is 11.3 Å². The van der Waals surface area contributed by atoms with Crippen LogP contribution < -0.4 is 5.32 Å². The number of hydrogen-bond donors (Lipinski definition) is 1. The van der Waals surface area contributed by atoms with E-state index in [0.717, 1.165) is 4.88 Å². The molecule has 0 aliphatic heterocycles. The highest BCUT2D eigenvalue weighted by Gasteiger charge is 2.17. The average Bonchev–Trinajstić information content (AvgIpc) is 3.01. The molecule has 0 aliphatic rings. The fourth-order valence-electron chi connectivity index (χ4n) is 1.63. The van der Waals surface area contributed by atoms with Crippen molar-refractivity contribution in [1.29, 1.82) is 0 Å². The lowest BCUT2D eigenvalue weighted by molar-refractivity contribution is -0.148. The van der Waals surface area contributed by atoms with Crippen molar-refractivity contribution in [3.63, 3.8) is 0 Å². The van der Waals surface area contributed by atoms with Crippen LogP contribution in [0, 0.1) is 0 Å². The zero-order chi connectivity index (χ0) is 16.8. The SMILES string of the molecule is C[C@@H](OC(=O)/C=C/c1cccs1)C(=O)Nc1ccc(Cl)cc1Cl. The lowest BCUT2D eigenvalue weighted by Crippen LogP contribution is -2.29. The molecule has 0 fully saturated rings. The normalized spacial score (nSPS) is 12.1. The average molecular weight is 370 g/mol. The highest BCUT2D eigenvalue weighted by molar-refractivity contribution is 7.10. The van der Waals surface area contributed by atoms with E-state index in [0.29, 0.717) is 15.7 Å². The minimum atomic E-state index is -0.956. The van der Waals surface area contributed by atoms with Gasteiger partial charge in [0.25, 0.3) is 5.91 Å². The van der Waals surface area contributed by atoms with E-state index < -0.39 is 18.0 Å². The van der Waals surface area contributed by atoms with E-state index in [4.69, 9.17) is 27.9 Å². The van der Waals surface area contributed by atoms with Crippen LogP contribution >= 0.6 is 34.5 Å². The molecule has 7 heteroatoms. The number of rotatable bonds is 5. The van der Waals surface area contributed by atoms with Crippen LogP contribution in [0.15, 0.2) is 41.8 Å². The fourth-order valence-corrected chi connectivity index (χ4v) is 2.70. The van der Waals surface area contributed by atoms with Gasteiger partial charge in [0.1, 0.15) is 0 Å². The Kier molecular flexibility index (Phi) is 6.21. The van der Waals surface area contributed by atoms with Gasteiger partial charge in [0.2, 0.25) is 0 Å². The quantitative estimate of drug-likeness (QED) is 0.616. The summed E-state index contributed by atoms with van der Waals surface area (Å²) in [7, 11) is 0. The summed E-state index contributed by atoms with van der Waals surface area (Å²) in [6, 6.07) is 8.44. The molecule has 2 aromatic rings. The lowest BCUT2D eigenvalue weighted by Gasteiger charge is -2.13. The van der Waals surface area contributed by atoms with Crippen LogP contribution in [0.3, 0.4) is 0 Å². The molecule has 0 saturated heterocycles. The van der Waals surface area contributed by atoms with Crippen LogP contribution in [0.4, 0.5) is 5.69 Å². The van der Waals surface area contributed by atoms with Crippen molar-refractivity contribution in [2.75, 3.05) is 5.32 Å². The molecule has 1 aromatic heterocycles. The van der Waals surface area contributed by atoms with Crippen molar-refractivity contribution in [3.8, 4) is 0 Å². The third kappa shape index (κ3) is 5.39. The number of nitrogens with one attached hydrogen (secondary N) is 1. The summed E-state index contributed by atoms with van der Waals surface area (Å²) < 4.78 is 5.04. The highest BCUT2D eigenvalue weighted by atomic mass is 35.5. The van der Waals surface area contributed by atoms with Crippen molar-refractivity contribution in [2.45, 2.75) is 13.0 Å². The summed E-state index contributed by atoms with van der Waals surface area (Å²) in [5, 5.41) is 5.25. The molecule has 1 heterocycles. The van der Waals surface area contributed by atoms with Gasteiger partial charge in [0, 0.05) is 16.0 Å². The molecule has 0 spiro atoms. The maximum Gasteiger partial charge on any atom is 0.331 e. The first-order chi connectivity index (χ1) is 11.0. The van der Waals surface area contributed by atoms with Gasteiger partial charge in [0.15, 0.2) is 6.10 Å². The first-order valence-corrected chi connectivity index (χ1v) is 8.27. The largest absolute Gasteiger partial charge is 0.449 e. The molecular weight excluding hydrogens is 357 g/mol. The summed E-state index contributed by atoms with van der Waals surface area (Å²) in [5.74, 6) is -1.07. The Hall–Kier alpha value is -1.82. The molecular formula is C16H13Cl2NO3S. The Morgan fingerprint density at radius 2 is 2.09 bits per heavy atom. The molecule has 120 valence electrons. The maximum atomic E-state index is 12.0. The Bertz CT molecular complexity index is 729. The molecule has 1 aromatic carbocycles. The highest BCUT2D eigenvalue weighted by Crippen LogP contribution is 2.25. The van der Waals surface area contributed by atoms with E-state index >= 15 is 0 Å². The second-order valence-electron chi connectivity index (χ2n) is 4.54. The van der Waals surface area contributed by atoms with Crippen molar-refractivity contribution >= 4 is 58.2 Å². The van der Waals surface area contributed by atoms with E-state index in [1.54, 1.807) is 18.2 Å². The van der Waals surface area contributed by atoms with Crippen molar-refractivity contribution < 1.29 is 14.3 Å². The molecule has 0 aliphatic carbocycles. The Morgan fingerprint density at radius 3 is 2.74 bits per heavy atom. The number of carbonyl (C=O) groups excluding carboxylic acids is 2. The van der Waals surface area contributed by atoms with Crippen molar-refractivity contribution in [3.05, 3.63) is 56.7 Å². The number of amides is 1. The van der Waals surface area contributed by atoms with Crippen LogP contribution in [-0.4, -0.2) is 18.0 Å². The van der Waals surface area contributed by atoms with E-state index in [2.05, 4.69) is 5.32 Å². The minimum absolute atomic E-state index is 0.307. The predicted octanol–water partition coefficient (Wildman–Crippen LogP) is 4.64. The standard InChI is InChI=1S/C16H13Cl2NO3S/c1-10(22-15(20)7-5-12-3-2-8-23-12)16(21)19-14-6-4-11(17)9-13(14)18/h2-10H,1H3,(H,19,21)/b7-5+/t10-/m1/s1. The Morgan fingerprint density at radius 1 is 1.30 bits per heavy atom. The summed E-state index contributed by atoms with van der Waals surface area (Å²) in [4.78, 5) is 24.6. The lowest BCUT2D eigenvalue weighted by atomic mass is 10.3. The molecule has 2 rings (SSSR count). The fraction of sp³-hybridized carbons (Fsp3) is 0.125. The predicted molar refractivity (Wildman–Crippen MR) is 94.0 cm³/mol. The van der Waals surface area contributed by atoms with Gasteiger partial charge >= 0.3 is 5.97 Å². The van der Waals surface area contributed by atoms with Crippen molar-refractivity contribution in [1.82, 2.24) is 0 Å². The Balaban J connectivity index is 1.90. The number of anilines is 1. The molecule has 1 atom stereocenters. The number of thiophene rings is 1. The van der Waals surface area contributed by atoms with Crippen LogP contribution in [-0.2, 0) is 14.3 Å². The topological polar surface area (TPSA) is 55.4 Å². The number of ether oxygens (including phenoxy) is 1. The third-order valence-corrected chi connectivity index (χ3v) is 4.16. The monoisotopic (exact) mass is 369 g/mol. The second kappa shape index (κ2) is 8.15. The number of benzene rings is 1. The van der Waals surface area contributed by atoms with Gasteiger partial charge in [-0.1, -0.05) is 29.3 Å². The van der Waals surface area contributed by atoms with E-state index in [-0.39, 0.29) is 0 Å². The van der Waals surface area contributed by atoms with Gasteiger partial charge < -0.3 is 10.1 Å². The first-order valence-electron chi connectivity index (χ1n) is 6.64. The Labute approximate surface area is 147 Å². The van der Waals surface area contributed by atoms with Gasteiger partial charge in [-0.2, -0.15) is 0 Å². The zero-order valence-electron chi connectivity index (χ0n) is 12.1. The van der Waals surface area contributed by atoms with Crippen LogP contribution in [0.1, 0.15) is 11.8 Å². The van der Waals surface area contributed by atoms with E-state index in [1.165, 1.54) is 30.4 Å². The maximum absolute atomic E-state index is 12.0. The number of carbonyl (C=O) groups is 2. The molecule has 4 nitrogen and oxygen atoms in total. The summed E-state index contributed by atoms with van der Waals surface area (Å²) >= 11 is 13.3. The van der Waals surface area contributed by atoms with Gasteiger partial charge in [0.05, 0.1) is 10.7 Å². The van der Waals surface area contributed by atoms with Crippen LogP contribution in [0.2, 0.25) is 10.0 Å². The van der Waals surface area contributed by atoms with Crippen LogP contribution in [0.25, 0.3) is 6.08 Å². The molecule has 0 radical (unpaired) electrons. The van der Waals surface area contributed by atoms with Gasteiger partial charge in [-0.25, -0.2) is 4.79 Å². The first kappa shape index (κ1) is 17.5. The van der Waals surface area contributed by atoms with Gasteiger partial charge in [-0.05, 0) is 42.6 Å². The number of halogens is 2. The summed E-state index contributed by atoms with van der Waals surface area (Å²) in [6.07, 6.45) is 1.96. The molecule has 0 unspecified atom stereocenters. The molecule has 1 amide bonds. The number of esters is 1. The molecule has 0 saturated carbocycles. The molecule has 23 heavy (non-hydrogen) atoms. The summed E-state index contributed by atoms with van der Waals surface area (Å²) in [6.45, 7) is 1.48. The van der Waals surface area contributed by atoms with Gasteiger partial charge in [-0.3, -0.25) is 4.79 Å². The van der Waals surface area contributed by atoms with E-state index in [9.17, 15) is 9.59 Å². The molecule has 1 N–H and O–H groups in total. The van der Waals surface area contributed by atoms with Crippen molar-refractivity contribution in [2.24, 2.45) is 0 Å². The zero-order valence-corrected chi connectivity index (χ0v) is 14.4. The second-order valence-corrected chi connectivity index (χ2v) is 6.36. The van der Waals surface area contributed by atoms with Crippen LogP contribution in [0.5, 0.6) is 0 Å². The smallest absolute Gasteiger partial charge is 0.331 e. The summed E-state index contributed by atoms with van der Waals surface area (Å²) in [5.41, 5.74) is 0.401. The molecule has 0 bridgehead atoms. The third-order valence-electron chi connectivity index (χ3n) is 2.78.